The Hall–Kier alpha value is -2.00. The fourth-order valence-corrected chi connectivity index (χ4v) is 5.95. The van der Waals surface area contributed by atoms with Crippen molar-refractivity contribution in [2.24, 2.45) is 0 Å². The topological polar surface area (TPSA) is 81.4 Å². The number of rotatable bonds is 7. The van der Waals surface area contributed by atoms with Crippen molar-refractivity contribution in [3.05, 3.63) is 36.2 Å². The molecule has 0 aliphatic carbocycles. The Morgan fingerprint density at radius 3 is 2.54 bits per heavy atom. The van der Waals surface area contributed by atoms with Gasteiger partial charge < -0.3 is 20.6 Å². The molecule has 1 unspecified atom stereocenters. The number of aromatic amines is 2. The second kappa shape index (κ2) is 7.79. The minimum absolute atomic E-state index is 0.378. The molecule has 0 aromatic carbocycles. The van der Waals surface area contributed by atoms with Gasteiger partial charge in [0.05, 0.1) is 46.1 Å². The Labute approximate surface area is 171 Å². The number of hydrogen-bond acceptors (Lipinski definition) is 6. The summed E-state index contributed by atoms with van der Waals surface area (Å²) in [5.41, 5.74) is 2.21. The molecule has 28 heavy (non-hydrogen) atoms. The number of H-pyrrole nitrogens is 2. The van der Waals surface area contributed by atoms with Crippen LogP contribution >= 0.6 is 22.7 Å². The summed E-state index contributed by atoms with van der Waals surface area (Å²) in [7, 11) is 0. The zero-order valence-corrected chi connectivity index (χ0v) is 17.5. The molecule has 6 nitrogen and oxygen atoms in total. The third-order valence-electron chi connectivity index (χ3n) is 5.07. The van der Waals surface area contributed by atoms with E-state index in [-0.39, 0.29) is 0 Å². The maximum Gasteiger partial charge on any atom is 0.123 e. The fraction of sp³-hybridized carbons (Fsp3) is 0.400. The van der Waals surface area contributed by atoms with Crippen molar-refractivity contribution in [2.45, 2.75) is 38.8 Å². The van der Waals surface area contributed by atoms with Gasteiger partial charge in [0.15, 0.2) is 0 Å². The number of nitrogens with one attached hydrogen (secondary N) is 4. The van der Waals surface area contributed by atoms with E-state index in [4.69, 9.17) is 0 Å². The molecule has 4 aromatic heterocycles. The van der Waals surface area contributed by atoms with Crippen molar-refractivity contribution in [1.82, 2.24) is 30.6 Å². The van der Waals surface area contributed by atoms with Gasteiger partial charge in [-0.25, -0.2) is 9.97 Å². The first-order valence-electron chi connectivity index (χ1n) is 9.87. The van der Waals surface area contributed by atoms with Crippen LogP contribution in [0.15, 0.2) is 24.5 Å². The molecule has 0 saturated carbocycles. The van der Waals surface area contributed by atoms with Crippen molar-refractivity contribution < 1.29 is 0 Å². The monoisotopic (exact) mass is 412 g/mol. The van der Waals surface area contributed by atoms with Crippen LogP contribution in [0.3, 0.4) is 0 Å². The molecular weight excluding hydrogens is 388 g/mol. The molecule has 4 aromatic rings. The summed E-state index contributed by atoms with van der Waals surface area (Å²) in [6, 6.07) is 4.91. The largest absolute Gasteiger partial charge is 0.340 e. The fourth-order valence-electron chi connectivity index (χ4n) is 3.62. The highest BCUT2D eigenvalue weighted by molar-refractivity contribution is 7.31. The molecule has 1 aliphatic rings. The minimum Gasteiger partial charge on any atom is -0.340 e. The first-order chi connectivity index (χ1) is 13.8. The maximum absolute atomic E-state index is 4.60. The van der Waals surface area contributed by atoms with Gasteiger partial charge in [-0.1, -0.05) is 6.92 Å². The average Bonchev–Trinajstić information content (AvgIpc) is 3.49. The van der Waals surface area contributed by atoms with E-state index in [1.54, 1.807) is 0 Å². The van der Waals surface area contributed by atoms with Crippen molar-refractivity contribution in [3.63, 3.8) is 0 Å². The number of nitrogens with zero attached hydrogens (tertiary/aromatic N) is 2. The highest BCUT2D eigenvalue weighted by atomic mass is 32.1. The first kappa shape index (κ1) is 18.1. The Kier molecular flexibility index (Phi) is 5.02. The third kappa shape index (κ3) is 3.53. The van der Waals surface area contributed by atoms with Gasteiger partial charge in [0.25, 0.3) is 0 Å². The summed E-state index contributed by atoms with van der Waals surface area (Å²) in [5.74, 6) is 2.05. The minimum atomic E-state index is 0.378. The molecule has 1 aliphatic heterocycles. The van der Waals surface area contributed by atoms with Gasteiger partial charge in [0, 0.05) is 9.40 Å². The lowest BCUT2D eigenvalue weighted by molar-refractivity contribution is 0.613. The van der Waals surface area contributed by atoms with E-state index in [0.29, 0.717) is 6.04 Å². The van der Waals surface area contributed by atoms with Gasteiger partial charge in [0.1, 0.15) is 11.6 Å². The Bertz CT molecular complexity index is 1030. The summed E-state index contributed by atoms with van der Waals surface area (Å²) in [6.07, 6.45) is 7.43. The lowest BCUT2D eigenvalue weighted by Crippen LogP contribution is -2.14. The van der Waals surface area contributed by atoms with E-state index in [0.717, 1.165) is 55.5 Å². The van der Waals surface area contributed by atoms with E-state index >= 15 is 0 Å². The Balaban J connectivity index is 1.34. The standard InChI is InChI=1S/C20H24N6S2/c1-2-5-21-11-19-23-9-13(25-19)15-7-17-18(27-15)8-16(28-17)14-10-24-20(26-14)12-4-3-6-22-12/h7-10,12,21-22H,2-6,11H2,1H3,(H,23,25)(H,24,26). The molecule has 0 radical (unpaired) electrons. The second-order valence-corrected chi connectivity index (χ2v) is 9.37. The van der Waals surface area contributed by atoms with Crippen molar-refractivity contribution in [2.75, 3.05) is 13.1 Å². The van der Waals surface area contributed by atoms with Crippen LogP contribution in [0.4, 0.5) is 0 Å². The van der Waals surface area contributed by atoms with Crippen LogP contribution in [-0.4, -0.2) is 33.0 Å². The SMILES string of the molecule is CCCNCc1ncc(-c2cc3sc(-c4cnc(C5CCCN5)[nH]4)cc3s2)[nH]1. The summed E-state index contributed by atoms with van der Waals surface area (Å²) in [5, 5.41) is 6.88. The zero-order valence-electron chi connectivity index (χ0n) is 15.8. The van der Waals surface area contributed by atoms with Gasteiger partial charge in [-0.05, 0) is 44.5 Å². The van der Waals surface area contributed by atoms with Crippen LogP contribution in [0.1, 0.15) is 43.9 Å². The summed E-state index contributed by atoms with van der Waals surface area (Å²) < 4.78 is 2.62. The quantitative estimate of drug-likeness (QED) is 0.333. The van der Waals surface area contributed by atoms with Crippen LogP contribution in [-0.2, 0) is 6.54 Å². The van der Waals surface area contributed by atoms with Crippen LogP contribution in [0.5, 0.6) is 0 Å². The van der Waals surface area contributed by atoms with Crippen molar-refractivity contribution >= 4 is 32.1 Å². The van der Waals surface area contributed by atoms with Crippen LogP contribution < -0.4 is 10.6 Å². The van der Waals surface area contributed by atoms with Crippen LogP contribution in [0.2, 0.25) is 0 Å². The second-order valence-electron chi connectivity index (χ2n) is 7.20. The molecule has 1 fully saturated rings. The maximum atomic E-state index is 4.60. The van der Waals surface area contributed by atoms with Gasteiger partial charge in [-0.15, -0.1) is 22.7 Å². The Morgan fingerprint density at radius 2 is 1.82 bits per heavy atom. The molecule has 0 spiro atoms. The summed E-state index contributed by atoms with van der Waals surface area (Å²) in [4.78, 5) is 18.5. The molecule has 1 atom stereocenters. The van der Waals surface area contributed by atoms with Crippen LogP contribution in [0.25, 0.3) is 30.5 Å². The third-order valence-corrected chi connectivity index (χ3v) is 7.43. The van der Waals surface area contributed by atoms with E-state index in [1.165, 1.54) is 25.6 Å². The smallest absolute Gasteiger partial charge is 0.123 e. The molecular formula is C20H24N6S2. The Morgan fingerprint density at radius 1 is 1.07 bits per heavy atom. The number of thiophene rings is 2. The lowest BCUT2D eigenvalue weighted by Gasteiger charge is -2.04. The number of imidazole rings is 2. The predicted octanol–water partition coefficient (Wildman–Crippen LogP) is 4.67. The van der Waals surface area contributed by atoms with Gasteiger partial charge in [0.2, 0.25) is 0 Å². The molecule has 0 bridgehead atoms. The predicted molar refractivity (Wildman–Crippen MR) is 117 cm³/mol. The zero-order chi connectivity index (χ0) is 18.9. The normalized spacial score (nSPS) is 17.1. The van der Waals surface area contributed by atoms with E-state index in [1.807, 2.05) is 35.1 Å². The highest BCUT2D eigenvalue weighted by Crippen LogP contribution is 2.41. The average molecular weight is 413 g/mol. The first-order valence-corrected chi connectivity index (χ1v) is 11.5. The molecule has 0 amide bonds. The van der Waals surface area contributed by atoms with Gasteiger partial charge >= 0.3 is 0 Å². The summed E-state index contributed by atoms with van der Waals surface area (Å²) >= 11 is 3.63. The lowest BCUT2D eigenvalue weighted by atomic mass is 10.2. The molecule has 8 heteroatoms. The van der Waals surface area contributed by atoms with E-state index in [2.05, 4.69) is 49.6 Å². The molecule has 1 saturated heterocycles. The summed E-state index contributed by atoms with van der Waals surface area (Å²) in [6.45, 7) is 5.06. The molecule has 4 N–H and O–H groups in total. The molecule has 146 valence electrons. The number of fused-ring (bicyclic) bond motifs is 1. The molecule has 5 heterocycles. The van der Waals surface area contributed by atoms with E-state index in [9.17, 15) is 0 Å². The van der Waals surface area contributed by atoms with Crippen LogP contribution in [0, 0.1) is 0 Å². The number of aromatic nitrogens is 4. The highest BCUT2D eigenvalue weighted by Gasteiger charge is 2.20. The van der Waals surface area contributed by atoms with Crippen molar-refractivity contribution in [3.8, 4) is 21.1 Å². The van der Waals surface area contributed by atoms with Gasteiger partial charge in [-0.2, -0.15) is 0 Å². The van der Waals surface area contributed by atoms with Crippen molar-refractivity contribution in [1.29, 1.82) is 0 Å². The number of hydrogen-bond donors (Lipinski definition) is 4. The van der Waals surface area contributed by atoms with Gasteiger partial charge in [-0.3, -0.25) is 0 Å². The molecule has 5 rings (SSSR count). The van der Waals surface area contributed by atoms with E-state index < -0.39 is 0 Å².